The molecule has 0 radical (unpaired) electrons. The largest absolute Gasteiger partial charge is 0.365 e. The third-order valence-electron chi connectivity index (χ3n) is 9.60. The summed E-state index contributed by atoms with van der Waals surface area (Å²) >= 11 is 0. The van der Waals surface area contributed by atoms with Crippen molar-refractivity contribution in [2.75, 3.05) is 13.2 Å². The highest BCUT2D eigenvalue weighted by atomic mass is 16.7. The maximum absolute atomic E-state index is 13.3. The van der Waals surface area contributed by atoms with Gasteiger partial charge in [-0.2, -0.15) is 0 Å². The number of Topliss-reactive ketones (excluding diaryl/α,β-unsaturated/α-hetero) is 1. The minimum Gasteiger partial charge on any atom is -0.365 e. The van der Waals surface area contributed by atoms with Gasteiger partial charge in [0, 0.05) is 37.0 Å². The van der Waals surface area contributed by atoms with E-state index in [-0.39, 0.29) is 17.3 Å². The lowest BCUT2D eigenvalue weighted by atomic mass is 9.44. The van der Waals surface area contributed by atoms with E-state index in [1.165, 1.54) is 0 Å². The Kier molecular flexibility index (Phi) is 3.96. The lowest BCUT2D eigenvalue weighted by Gasteiger charge is -2.61. The monoisotopic (exact) mass is 378 g/mol. The Balaban J connectivity index is 1.44. The van der Waals surface area contributed by atoms with Gasteiger partial charge in [-0.05, 0) is 55.3 Å². The van der Waals surface area contributed by atoms with E-state index in [0.717, 1.165) is 58.2 Å². The van der Waals surface area contributed by atoms with E-state index in [1.54, 1.807) is 0 Å². The van der Waals surface area contributed by atoms with Crippen molar-refractivity contribution in [2.24, 2.45) is 34.5 Å². The number of rotatable bonds is 0. The zero-order chi connectivity index (χ0) is 19.1. The molecule has 6 atom stereocenters. The molecule has 0 aromatic rings. The van der Waals surface area contributed by atoms with Crippen molar-refractivity contribution in [3.05, 3.63) is 0 Å². The van der Waals surface area contributed by atoms with Gasteiger partial charge < -0.3 is 19.7 Å². The molecule has 0 aromatic carbocycles. The number of fused-ring (bicyclic) bond motifs is 5. The van der Waals surface area contributed by atoms with Gasteiger partial charge in [-0.3, -0.25) is 4.79 Å². The number of hydrogen-bond acceptors (Lipinski definition) is 5. The standard InChI is InChI=1S/C22H34O5/c1-19-8-9-21(26-10-3-11-27-21)13-14(19)12-17(23)18-15(19)4-6-20(2)16(18)5-7-22(20,24)25/h14-16,18,24-25H,3-13H2,1-2H3/t14?,15?,16?,18?,19-,20-/m0/s1. The van der Waals surface area contributed by atoms with Crippen LogP contribution in [0.25, 0.3) is 0 Å². The SMILES string of the molecule is C[C@]12CCC3(CC1CC(=O)C1C2CC[C@@]2(C)C1CCC2(O)O)OCCCO3. The van der Waals surface area contributed by atoms with E-state index in [0.29, 0.717) is 30.5 Å². The molecular weight excluding hydrogens is 344 g/mol. The summed E-state index contributed by atoms with van der Waals surface area (Å²) in [7, 11) is 0. The van der Waals surface area contributed by atoms with E-state index < -0.39 is 17.0 Å². The number of ketones is 1. The molecule has 5 aliphatic rings. The van der Waals surface area contributed by atoms with Crippen LogP contribution in [-0.4, -0.2) is 40.8 Å². The second-order valence-corrected chi connectivity index (χ2v) is 10.6. The van der Waals surface area contributed by atoms with Crippen molar-refractivity contribution in [1.29, 1.82) is 0 Å². The third-order valence-corrected chi connectivity index (χ3v) is 9.60. The number of aliphatic hydroxyl groups is 2. The fraction of sp³-hybridized carbons (Fsp3) is 0.955. The van der Waals surface area contributed by atoms with Crippen molar-refractivity contribution in [3.8, 4) is 0 Å². The van der Waals surface area contributed by atoms with E-state index in [2.05, 4.69) is 6.92 Å². The van der Waals surface area contributed by atoms with Gasteiger partial charge in [0.1, 0.15) is 5.78 Å². The molecule has 4 unspecified atom stereocenters. The maximum atomic E-state index is 13.3. The predicted molar refractivity (Wildman–Crippen MR) is 98.5 cm³/mol. The summed E-state index contributed by atoms with van der Waals surface area (Å²) in [5, 5.41) is 21.2. The van der Waals surface area contributed by atoms with Gasteiger partial charge in [-0.15, -0.1) is 0 Å². The Morgan fingerprint density at radius 3 is 2.41 bits per heavy atom. The quantitative estimate of drug-likeness (QED) is 0.634. The average molecular weight is 379 g/mol. The molecule has 0 amide bonds. The highest BCUT2D eigenvalue weighted by Gasteiger charge is 2.67. The van der Waals surface area contributed by atoms with E-state index in [9.17, 15) is 15.0 Å². The molecule has 2 N–H and O–H groups in total. The van der Waals surface area contributed by atoms with Crippen molar-refractivity contribution in [1.82, 2.24) is 0 Å². The molecular formula is C22H34O5. The van der Waals surface area contributed by atoms with Gasteiger partial charge in [-0.1, -0.05) is 13.8 Å². The first-order valence-corrected chi connectivity index (χ1v) is 11.0. The molecule has 1 spiro atoms. The van der Waals surface area contributed by atoms with Gasteiger partial charge in [0.25, 0.3) is 0 Å². The van der Waals surface area contributed by atoms with Crippen molar-refractivity contribution in [3.63, 3.8) is 0 Å². The van der Waals surface area contributed by atoms with Crippen LogP contribution in [0.1, 0.15) is 71.6 Å². The van der Waals surface area contributed by atoms with Gasteiger partial charge >= 0.3 is 0 Å². The van der Waals surface area contributed by atoms with E-state index >= 15 is 0 Å². The summed E-state index contributed by atoms with van der Waals surface area (Å²) in [6, 6.07) is 0. The smallest absolute Gasteiger partial charge is 0.168 e. The first-order valence-electron chi connectivity index (χ1n) is 11.0. The van der Waals surface area contributed by atoms with Crippen LogP contribution in [0.5, 0.6) is 0 Å². The number of carbonyl (C=O) groups is 1. The summed E-state index contributed by atoms with van der Waals surface area (Å²) in [6.07, 6.45) is 7.24. The molecule has 5 nitrogen and oxygen atoms in total. The minimum atomic E-state index is -1.62. The van der Waals surface area contributed by atoms with Crippen molar-refractivity contribution < 1.29 is 24.5 Å². The maximum Gasteiger partial charge on any atom is 0.168 e. The second-order valence-electron chi connectivity index (χ2n) is 10.6. The fourth-order valence-electron chi connectivity index (χ4n) is 7.75. The predicted octanol–water partition coefficient (Wildman–Crippen LogP) is 3.02. The lowest BCUT2D eigenvalue weighted by Crippen LogP contribution is -2.61. The molecule has 4 saturated carbocycles. The number of carbonyl (C=O) groups excluding carboxylic acids is 1. The normalized spacial score (nSPS) is 50.7. The Labute approximate surface area is 161 Å². The van der Waals surface area contributed by atoms with Crippen LogP contribution in [-0.2, 0) is 14.3 Å². The molecule has 27 heavy (non-hydrogen) atoms. The second kappa shape index (κ2) is 5.78. The molecule has 1 heterocycles. The lowest BCUT2D eigenvalue weighted by molar-refractivity contribution is -0.305. The molecule has 5 fully saturated rings. The number of hydrogen-bond donors (Lipinski definition) is 2. The Hall–Kier alpha value is -0.490. The van der Waals surface area contributed by atoms with Crippen molar-refractivity contribution in [2.45, 2.75) is 83.2 Å². The molecule has 5 heteroatoms. The molecule has 4 aliphatic carbocycles. The summed E-state index contributed by atoms with van der Waals surface area (Å²) < 4.78 is 12.2. The van der Waals surface area contributed by atoms with E-state index in [1.807, 2.05) is 6.92 Å². The molecule has 0 aromatic heterocycles. The van der Waals surface area contributed by atoms with Gasteiger partial charge in [0.05, 0.1) is 13.2 Å². The zero-order valence-electron chi connectivity index (χ0n) is 16.7. The summed E-state index contributed by atoms with van der Waals surface area (Å²) in [5.41, 5.74) is -0.413. The van der Waals surface area contributed by atoms with E-state index in [4.69, 9.17) is 9.47 Å². The van der Waals surface area contributed by atoms with Crippen molar-refractivity contribution >= 4 is 5.78 Å². The summed E-state index contributed by atoms with van der Waals surface area (Å²) in [4.78, 5) is 13.3. The van der Waals surface area contributed by atoms with Gasteiger partial charge in [-0.25, -0.2) is 0 Å². The fourth-order valence-corrected chi connectivity index (χ4v) is 7.75. The molecule has 1 aliphatic heterocycles. The minimum absolute atomic E-state index is 0.00609. The summed E-state index contributed by atoms with van der Waals surface area (Å²) in [5.74, 6) is -0.959. The van der Waals surface area contributed by atoms with Crippen LogP contribution in [0, 0.1) is 34.5 Å². The van der Waals surface area contributed by atoms with Crippen LogP contribution in [0.3, 0.4) is 0 Å². The molecule has 5 rings (SSSR count). The summed E-state index contributed by atoms with van der Waals surface area (Å²) in [6.45, 7) is 5.92. The zero-order valence-corrected chi connectivity index (χ0v) is 16.7. The van der Waals surface area contributed by atoms with Crippen LogP contribution in [0.15, 0.2) is 0 Å². The average Bonchev–Trinajstić information content (AvgIpc) is 2.87. The Morgan fingerprint density at radius 2 is 1.67 bits per heavy atom. The first kappa shape index (κ1) is 18.5. The highest BCUT2D eigenvalue weighted by molar-refractivity contribution is 5.83. The van der Waals surface area contributed by atoms with Crippen LogP contribution >= 0.6 is 0 Å². The van der Waals surface area contributed by atoms with Gasteiger partial charge in [0.2, 0.25) is 0 Å². The van der Waals surface area contributed by atoms with Crippen LogP contribution in [0.4, 0.5) is 0 Å². The van der Waals surface area contributed by atoms with Gasteiger partial charge in [0.15, 0.2) is 11.6 Å². The number of ether oxygens (including phenoxy) is 2. The van der Waals surface area contributed by atoms with Crippen LogP contribution < -0.4 is 0 Å². The first-order chi connectivity index (χ1) is 12.7. The molecule has 0 bridgehead atoms. The third kappa shape index (κ3) is 2.41. The topological polar surface area (TPSA) is 76.0 Å². The molecule has 152 valence electrons. The Bertz CT molecular complexity index is 639. The Morgan fingerprint density at radius 1 is 0.963 bits per heavy atom. The highest BCUT2D eigenvalue weighted by Crippen LogP contribution is 2.67. The van der Waals surface area contributed by atoms with Crippen LogP contribution in [0.2, 0.25) is 0 Å². The molecule has 1 saturated heterocycles.